The number of carbonyl (C=O) groups is 1. The predicted octanol–water partition coefficient (Wildman–Crippen LogP) is 3.04. The van der Waals surface area contributed by atoms with Crippen molar-refractivity contribution in [2.75, 3.05) is 20.8 Å². The van der Waals surface area contributed by atoms with Crippen LogP contribution in [0.5, 0.6) is 11.5 Å². The summed E-state index contributed by atoms with van der Waals surface area (Å²) < 4.78 is 29.1. The molecule has 18 heavy (non-hydrogen) atoms. The van der Waals surface area contributed by atoms with E-state index >= 15 is 0 Å². The van der Waals surface area contributed by atoms with Crippen molar-refractivity contribution in [3.05, 3.63) is 22.2 Å². The van der Waals surface area contributed by atoms with Gasteiger partial charge in [0.15, 0.2) is 11.5 Å². The van der Waals surface area contributed by atoms with Crippen molar-refractivity contribution < 1.29 is 23.4 Å². The second kappa shape index (κ2) is 6.58. The molecule has 0 radical (unpaired) electrons. The van der Waals surface area contributed by atoms with Crippen molar-refractivity contribution in [2.24, 2.45) is 0 Å². The lowest BCUT2D eigenvalue weighted by molar-refractivity contribution is -0.149. The van der Waals surface area contributed by atoms with Gasteiger partial charge in [-0.05, 0) is 19.1 Å². The largest absolute Gasteiger partial charge is 0.493 e. The highest BCUT2D eigenvalue weighted by atomic mass is 79.9. The maximum absolute atomic E-state index is 13.9. The van der Waals surface area contributed by atoms with Crippen LogP contribution in [0, 0.1) is 0 Å². The summed E-state index contributed by atoms with van der Waals surface area (Å²) in [5.41, 5.74) is 0.145. The van der Waals surface area contributed by atoms with E-state index in [-0.39, 0.29) is 12.2 Å². The van der Waals surface area contributed by atoms with Crippen LogP contribution in [0.4, 0.5) is 4.39 Å². The Morgan fingerprint density at radius 3 is 2.39 bits per heavy atom. The zero-order valence-electron chi connectivity index (χ0n) is 10.3. The standard InChI is InChI=1S/C12H14BrFO4/c1-4-18-12(15)11(14)7-5-9(16-2)10(17-3)6-8(7)13/h5-6,11H,4H2,1-3H3. The lowest BCUT2D eigenvalue weighted by atomic mass is 10.1. The predicted molar refractivity (Wildman–Crippen MR) is 67.7 cm³/mol. The monoisotopic (exact) mass is 320 g/mol. The second-order valence-electron chi connectivity index (χ2n) is 3.34. The Balaban J connectivity index is 3.12. The molecule has 0 fully saturated rings. The lowest BCUT2D eigenvalue weighted by Gasteiger charge is -2.14. The molecule has 4 nitrogen and oxygen atoms in total. The molecule has 1 unspecified atom stereocenters. The lowest BCUT2D eigenvalue weighted by Crippen LogP contribution is -2.12. The number of methoxy groups -OCH3 is 2. The number of rotatable bonds is 5. The van der Waals surface area contributed by atoms with E-state index < -0.39 is 12.1 Å². The molecule has 0 aliphatic carbocycles. The molecule has 0 aromatic heterocycles. The van der Waals surface area contributed by atoms with E-state index in [1.807, 2.05) is 0 Å². The van der Waals surface area contributed by atoms with Gasteiger partial charge in [0.05, 0.1) is 20.8 Å². The van der Waals surface area contributed by atoms with Crippen LogP contribution in [-0.2, 0) is 9.53 Å². The molecular weight excluding hydrogens is 307 g/mol. The molecule has 0 heterocycles. The first-order valence-electron chi connectivity index (χ1n) is 5.27. The van der Waals surface area contributed by atoms with Crippen LogP contribution in [-0.4, -0.2) is 26.8 Å². The molecule has 100 valence electrons. The highest BCUT2D eigenvalue weighted by Gasteiger charge is 2.25. The average molecular weight is 321 g/mol. The minimum Gasteiger partial charge on any atom is -0.493 e. The summed E-state index contributed by atoms with van der Waals surface area (Å²) in [7, 11) is 2.91. The molecule has 1 rings (SSSR count). The third kappa shape index (κ3) is 3.13. The Kier molecular flexibility index (Phi) is 5.40. The van der Waals surface area contributed by atoms with Gasteiger partial charge in [-0.25, -0.2) is 9.18 Å². The van der Waals surface area contributed by atoms with E-state index in [1.165, 1.54) is 20.3 Å². The van der Waals surface area contributed by atoms with Gasteiger partial charge in [-0.2, -0.15) is 0 Å². The van der Waals surface area contributed by atoms with Crippen molar-refractivity contribution in [3.63, 3.8) is 0 Å². The van der Waals surface area contributed by atoms with E-state index in [9.17, 15) is 9.18 Å². The molecule has 0 saturated carbocycles. The Morgan fingerprint density at radius 2 is 1.89 bits per heavy atom. The van der Waals surface area contributed by atoms with Gasteiger partial charge in [-0.1, -0.05) is 15.9 Å². The number of alkyl halides is 1. The third-order valence-corrected chi connectivity index (χ3v) is 2.96. The number of hydrogen-bond acceptors (Lipinski definition) is 4. The molecule has 0 aliphatic rings. The maximum Gasteiger partial charge on any atom is 0.345 e. The molecule has 0 amide bonds. The Labute approximate surface area is 113 Å². The van der Waals surface area contributed by atoms with E-state index in [4.69, 9.17) is 9.47 Å². The van der Waals surface area contributed by atoms with Crippen LogP contribution < -0.4 is 9.47 Å². The van der Waals surface area contributed by atoms with Gasteiger partial charge in [0.2, 0.25) is 6.17 Å². The number of esters is 1. The first-order chi connectivity index (χ1) is 8.54. The molecule has 0 aliphatic heterocycles. The average Bonchev–Trinajstić information content (AvgIpc) is 2.37. The summed E-state index contributed by atoms with van der Waals surface area (Å²) in [6, 6.07) is 2.95. The van der Waals surface area contributed by atoms with Crippen molar-refractivity contribution >= 4 is 21.9 Å². The van der Waals surface area contributed by atoms with Crippen molar-refractivity contribution in [3.8, 4) is 11.5 Å². The Morgan fingerprint density at radius 1 is 1.33 bits per heavy atom. The molecular formula is C12H14BrFO4. The SMILES string of the molecule is CCOC(=O)C(F)c1cc(OC)c(OC)cc1Br. The van der Waals surface area contributed by atoms with E-state index in [2.05, 4.69) is 20.7 Å². The number of ether oxygens (including phenoxy) is 3. The van der Waals surface area contributed by atoms with Gasteiger partial charge in [-0.15, -0.1) is 0 Å². The Hall–Kier alpha value is -1.30. The normalized spacial score (nSPS) is 11.8. The summed E-state index contributed by atoms with van der Waals surface area (Å²) in [5.74, 6) is -0.128. The molecule has 1 aromatic rings. The minimum absolute atomic E-state index is 0.129. The zero-order chi connectivity index (χ0) is 13.7. The highest BCUT2D eigenvalue weighted by molar-refractivity contribution is 9.10. The third-order valence-electron chi connectivity index (χ3n) is 2.27. The molecule has 1 atom stereocenters. The minimum atomic E-state index is -1.86. The quantitative estimate of drug-likeness (QED) is 0.782. The van der Waals surface area contributed by atoms with Crippen LogP contribution in [0.15, 0.2) is 16.6 Å². The first kappa shape index (κ1) is 14.8. The highest BCUT2D eigenvalue weighted by Crippen LogP contribution is 2.37. The van der Waals surface area contributed by atoms with Gasteiger partial charge in [0.25, 0.3) is 0 Å². The van der Waals surface area contributed by atoms with E-state index in [0.717, 1.165) is 0 Å². The van der Waals surface area contributed by atoms with Gasteiger partial charge in [-0.3, -0.25) is 0 Å². The molecule has 6 heteroatoms. The van der Waals surface area contributed by atoms with Crippen LogP contribution in [0.2, 0.25) is 0 Å². The summed E-state index contributed by atoms with van der Waals surface area (Å²) in [6.07, 6.45) is -1.86. The summed E-state index contributed by atoms with van der Waals surface area (Å²) in [6.45, 7) is 1.75. The first-order valence-corrected chi connectivity index (χ1v) is 6.06. The van der Waals surface area contributed by atoms with Gasteiger partial charge in [0, 0.05) is 10.0 Å². The van der Waals surface area contributed by atoms with Crippen molar-refractivity contribution in [1.29, 1.82) is 0 Å². The molecule has 1 aromatic carbocycles. The van der Waals surface area contributed by atoms with Crippen LogP contribution >= 0.6 is 15.9 Å². The fourth-order valence-electron chi connectivity index (χ4n) is 1.41. The van der Waals surface area contributed by atoms with Crippen molar-refractivity contribution in [2.45, 2.75) is 13.1 Å². The van der Waals surface area contributed by atoms with E-state index in [0.29, 0.717) is 16.0 Å². The van der Waals surface area contributed by atoms with Crippen molar-refractivity contribution in [1.82, 2.24) is 0 Å². The van der Waals surface area contributed by atoms with Gasteiger partial charge < -0.3 is 14.2 Å². The Bertz CT molecular complexity index is 436. The summed E-state index contributed by atoms with van der Waals surface area (Å²) >= 11 is 3.19. The fourth-order valence-corrected chi connectivity index (χ4v) is 1.93. The molecule has 0 N–H and O–H groups in total. The molecule has 0 saturated heterocycles. The summed E-state index contributed by atoms with van der Waals surface area (Å²) in [5, 5.41) is 0. The summed E-state index contributed by atoms with van der Waals surface area (Å²) in [4.78, 5) is 11.4. The topological polar surface area (TPSA) is 44.8 Å². The molecule has 0 spiro atoms. The number of carbonyl (C=O) groups excluding carboxylic acids is 1. The number of benzene rings is 1. The van der Waals surface area contributed by atoms with E-state index in [1.54, 1.807) is 13.0 Å². The fraction of sp³-hybridized carbons (Fsp3) is 0.417. The van der Waals surface area contributed by atoms with Crippen LogP contribution in [0.3, 0.4) is 0 Å². The zero-order valence-corrected chi connectivity index (χ0v) is 11.9. The number of hydrogen-bond donors (Lipinski definition) is 0. The smallest absolute Gasteiger partial charge is 0.345 e. The van der Waals surface area contributed by atoms with Gasteiger partial charge >= 0.3 is 5.97 Å². The van der Waals surface area contributed by atoms with Gasteiger partial charge in [0.1, 0.15) is 0 Å². The maximum atomic E-state index is 13.9. The molecule has 0 bridgehead atoms. The number of halogens is 2. The van der Waals surface area contributed by atoms with Crippen LogP contribution in [0.1, 0.15) is 18.7 Å². The second-order valence-corrected chi connectivity index (χ2v) is 4.20. The van der Waals surface area contributed by atoms with Crippen LogP contribution in [0.25, 0.3) is 0 Å².